The van der Waals surface area contributed by atoms with Gasteiger partial charge in [0.1, 0.15) is 22.7 Å². The molecule has 38 heavy (non-hydrogen) atoms. The van der Waals surface area contributed by atoms with Crippen molar-refractivity contribution in [2.45, 2.75) is 18.4 Å². The van der Waals surface area contributed by atoms with Gasteiger partial charge in [-0.15, -0.1) is 0 Å². The SMILES string of the molecule is COc1cc2nccc(Oc3c(F)cc(-c4nccc(OC)c4C(N)=O)cc3F)c2cc1OC1(CO)CC1. The van der Waals surface area contributed by atoms with E-state index in [0.29, 0.717) is 35.2 Å². The third kappa shape index (κ3) is 4.52. The van der Waals surface area contributed by atoms with E-state index in [2.05, 4.69) is 9.97 Å². The van der Waals surface area contributed by atoms with E-state index < -0.39 is 28.9 Å². The van der Waals surface area contributed by atoms with Crippen molar-refractivity contribution in [1.82, 2.24) is 9.97 Å². The summed E-state index contributed by atoms with van der Waals surface area (Å²) >= 11 is 0. The van der Waals surface area contributed by atoms with E-state index in [1.807, 2.05) is 0 Å². The number of fused-ring (bicyclic) bond motifs is 1. The molecule has 1 saturated carbocycles. The van der Waals surface area contributed by atoms with E-state index >= 15 is 8.78 Å². The standard InChI is InChI=1S/C27H23F2N3O6/c1-35-20-4-8-32-24(23(20)26(30)34)14-9-16(28)25(17(29)10-14)37-19-3-7-31-18-12-21(36-2)22(11-15(18)19)38-27(13-33)5-6-27/h3-4,7-12,33H,5-6,13H2,1-2H3,(H2,30,34). The Morgan fingerprint density at radius 1 is 0.974 bits per heavy atom. The maximum Gasteiger partial charge on any atom is 0.254 e. The zero-order valence-electron chi connectivity index (χ0n) is 20.5. The predicted molar refractivity (Wildman–Crippen MR) is 133 cm³/mol. The molecule has 3 N–H and O–H groups in total. The van der Waals surface area contributed by atoms with E-state index in [-0.39, 0.29) is 34.9 Å². The molecule has 0 saturated heterocycles. The number of aliphatic hydroxyl groups is 1. The molecule has 0 radical (unpaired) electrons. The number of benzene rings is 2. The predicted octanol–water partition coefficient (Wildman–Crippen LogP) is 4.39. The molecule has 5 rings (SSSR count). The number of carbonyl (C=O) groups is 1. The summed E-state index contributed by atoms with van der Waals surface area (Å²) in [4.78, 5) is 20.4. The molecular weight excluding hydrogens is 500 g/mol. The molecule has 1 aliphatic carbocycles. The van der Waals surface area contributed by atoms with Crippen LogP contribution in [0.15, 0.2) is 48.8 Å². The highest BCUT2D eigenvalue weighted by molar-refractivity contribution is 6.01. The number of hydrogen-bond acceptors (Lipinski definition) is 8. The number of nitrogens with two attached hydrogens (primary N) is 1. The molecule has 0 atom stereocenters. The molecule has 0 unspecified atom stereocenters. The van der Waals surface area contributed by atoms with Crippen LogP contribution in [0.2, 0.25) is 0 Å². The highest BCUT2D eigenvalue weighted by Crippen LogP contribution is 2.45. The molecule has 2 heterocycles. The first-order chi connectivity index (χ1) is 18.3. The Hall–Kier alpha value is -4.51. The number of methoxy groups -OCH3 is 2. The number of nitrogens with zero attached hydrogens (tertiary/aromatic N) is 2. The number of primary amides is 1. The molecule has 1 aliphatic rings. The first-order valence-electron chi connectivity index (χ1n) is 11.6. The van der Waals surface area contributed by atoms with Gasteiger partial charge in [-0.2, -0.15) is 0 Å². The minimum atomic E-state index is -1.03. The summed E-state index contributed by atoms with van der Waals surface area (Å²) in [5, 5.41) is 10.1. The van der Waals surface area contributed by atoms with Gasteiger partial charge in [0.2, 0.25) is 0 Å². The monoisotopic (exact) mass is 523 g/mol. The second-order valence-electron chi connectivity index (χ2n) is 8.74. The molecule has 9 nitrogen and oxygen atoms in total. The van der Waals surface area contributed by atoms with E-state index in [1.165, 1.54) is 38.7 Å². The van der Waals surface area contributed by atoms with Gasteiger partial charge in [-0.1, -0.05) is 0 Å². The zero-order valence-corrected chi connectivity index (χ0v) is 20.5. The van der Waals surface area contributed by atoms with Gasteiger partial charge in [-0.3, -0.25) is 14.8 Å². The number of halogens is 2. The van der Waals surface area contributed by atoms with Crippen molar-refractivity contribution in [2.75, 3.05) is 20.8 Å². The van der Waals surface area contributed by atoms with E-state index in [9.17, 15) is 9.90 Å². The molecule has 0 aliphatic heterocycles. The van der Waals surface area contributed by atoms with Crippen LogP contribution >= 0.6 is 0 Å². The normalized spacial score (nSPS) is 13.7. The van der Waals surface area contributed by atoms with Crippen LogP contribution in [0.4, 0.5) is 8.78 Å². The summed E-state index contributed by atoms with van der Waals surface area (Å²) in [5.41, 5.74) is 5.03. The van der Waals surface area contributed by atoms with Crippen LogP contribution in [0.3, 0.4) is 0 Å². The molecule has 2 aromatic heterocycles. The number of aromatic nitrogens is 2. The summed E-state index contributed by atoms with van der Waals surface area (Å²) < 4.78 is 52.7. The van der Waals surface area contributed by atoms with Crippen LogP contribution in [0, 0.1) is 11.6 Å². The average molecular weight is 523 g/mol. The zero-order chi connectivity index (χ0) is 27.0. The Balaban J connectivity index is 1.55. The van der Waals surface area contributed by atoms with Gasteiger partial charge in [0.25, 0.3) is 5.91 Å². The van der Waals surface area contributed by atoms with Crippen molar-refractivity contribution in [3.05, 3.63) is 66.0 Å². The van der Waals surface area contributed by atoms with Crippen molar-refractivity contribution in [2.24, 2.45) is 5.73 Å². The maximum absolute atomic E-state index is 15.2. The fourth-order valence-corrected chi connectivity index (χ4v) is 4.10. The van der Waals surface area contributed by atoms with Crippen molar-refractivity contribution in [3.8, 4) is 40.0 Å². The van der Waals surface area contributed by atoms with Crippen LogP contribution in [-0.2, 0) is 0 Å². The largest absolute Gasteiger partial charge is 0.496 e. The quantitative estimate of drug-likeness (QED) is 0.331. The fraction of sp³-hybridized carbons (Fsp3) is 0.222. The minimum absolute atomic E-state index is 0.0289. The Morgan fingerprint density at radius 3 is 2.24 bits per heavy atom. The second-order valence-corrected chi connectivity index (χ2v) is 8.74. The van der Waals surface area contributed by atoms with Gasteiger partial charge in [0.15, 0.2) is 28.9 Å². The highest BCUT2D eigenvalue weighted by Gasteiger charge is 2.45. The molecule has 0 spiro atoms. The Morgan fingerprint density at radius 2 is 1.63 bits per heavy atom. The smallest absolute Gasteiger partial charge is 0.254 e. The lowest BCUT2D eigenvalue weighted by Gasteiger charge is -2.19. The van der Waals surface area contributed by atoms with E-state index in [0.717, 1.165) is 12.1 Å². The van der Waals surface area contributed by atoms with Gasteiger partial charge in [0, 0.05) is 29.4 Å². The number of aliphatic hydroxyl groups excluding tert-OH is 1. The first-order valence-corrected chi connectivity index (χ1v) is 11.6. The Labute approximate surface area is 215 Å². The third-order valence-corrected chi connectivity index (χ3v) is 6.27. The van der Waals surface area contributed by atoms with Crippen LogP contribution in [0.5, 0.6) is 28.7 Å². The summed E-state index contributed by atoms with van der Waals surface area (Å²) in [6, 6.07) is 8.06. The minimum Gasteiger partial charge on any atom is -0.496 e. The van der Waals surface area contributed by atoms with Gasteiger partial charge in [-0.05, 0) is 43.2 Å². The van der Waals surface area contributed by atoms with Gasteiger partial charge in [0.05, 0.1) is 32.0 Å². The van der Waals surface area contributed by atoms with E-state index in [1.54, 1.807) is 12.1 Å². The number of rotatable bonds is 9. The van der Waals surface area contributed by atoms with Gasteiger partial charge in [-0.25, -0.2) is 8.78 Å². The summed E-state index contributed by atoms with van der Waals surface area (Å²) in [5.74, 6) is -2.65. The lowest BCUT2D eigenvalue weighted by atomic mass is 10.0. The van der Waals surface area contributed by atoms with Gasteiger partial charge < -0.3 is 29.8 Å². The van der Waals surface area contributed by atoms with Crippen molar-refractivity contribution in [3.63, 3.8) is 0 Å². The molecule has 11 heteroatoms. The molecule has 1 fully saturated rings. The third-order valence-electron chi connectivity index (χ3n) is 6.27. The van der Waals surface area contributed by atoms with Crippen LogP contribution < -0.4 is 24.7 Å². The second kappa shape index (κ2) is 9.75. The Kier molecular flexibility index (Phi) is 6.45. The van der Waals surface area contributed by atoms with Crippen molar-refractivity contribution in [1.29, 1.82) is 0 Å². The van der Waals surface area contributed by atoms with Crippen molar-refractivity contribution >= 4 is 16.8 Å². The lowest BCUT2D eigenvalue weighted by molar-refractivity contribution is 0.0925. The molecular formula is C27H23F2N3O6. The summed E-state index contributed by atoms with van der Waals surface area (Å²) in [6.45, 7) is -0.160. The molecule has 4 aromatic rings. The number of pyridine rings is 2. The highest BCUT2D eigenvalue weighted by atomic mass is 19.1. The van der Waals surface area contributed by atoms with Crippen LogP contribution in [-0.4, -0.2) is 47.4 Å². The molecule has 1 amide bonds. The molecule has 196 valence electrons. The van der Waals surface area contributed by atoms with Crippen LogP contribution in [0.1, 0.15) is 23.2 Å². The number of ether oxygens (including phenoxy) is 4. The number of hydrogen-bond donors (Lipinski definition) is 2. The number of amides is 1. The van der Waals surface area contributed by atoms with Crippen molar-refractivity contribution < 1.29 is 37.6 Å². The first kappa shape index (κ1) is 25.2. The van der Waals surface area contributed by atoms with Gasteiger partial charge >= 0.3 is 0 Å². The molecule has 2 aromatic carbocycles. The lowest BCUT2D eigenvalue weighted by Crippen LogP contribution is -2.22. The van der Waals surface area contributed by atoms with Crippen LogP contribution in [0.25, 0.3) is 22.2 Å². The fourth-order valence-electron chi connectivity index (χ4n) is 4.10. The Bertz CT molecular complexity index is 1530. The maximum atomic E-state index is 15.2. The molecule has 0 bridgehead atoms. The van der Waals surface area contributed by atoms with E-state index in [4.69, 9.17) is 24.7 Å². The average Bonchev–Trinajstić information content (AvgIpc) is 3.69. The summed E-state index contributed by atoms with van der Waals surface area (Å²) in [7, 11) is 2.81. The topological polar surface area (TPSA) is 126 Å². The summed E-state index contributed by atoms with van der Waals surface area (Å²) in [6.07, 6.45) is 4.13. The number of carbonyl (C=O) groups excluding carboxylic acids is 1.